The quantitative estimate of drug-likeness (QED) is 0.0195. The van der Waals surface area contributed by atoms with Crippen molar-refractivity contribution in [3.63, 3.8) is 0 Å². The maximum absolute atomic E-state index is 12.9. The van der Waals surface area contributed by atoms with Gasteiger partial charge < -0.3 is 33.3 Å². The van der Waals surface area contributed by atoms with Crippen LogP contribution < -0.4 is 5.11 Å². The van der Waals surface area contributed by atoms with Crippen molar-refractivity contribution in [2.75, 3.05) is 47.5 Å². The summed E-state index contributed by atoms with van der Waals surface area (Å²) in [6.45, 7) is 4.47. The number of quaternary nitrogens is 1. The molecule has 0 aliphatic heterocycles. The molecule has 0 aromatic heterocycles. The molecule has 0 N–H and O–H groups in total. The van der Waals surface area contributed by atoms with E-state index >= 15 is 0 Å². The zero-order valence-electron chi connectivity index (χ0n) is 55.2. The van der Waals surface area contributed by atoms with E-state index in [0.717, 1.165) is 103 Å². The molecule has 0 aromatic rings. The molecule has 2 atom stereocenters. The van der Waals surface area contributed by atoms with E-state index in [2.05, 4.69) is 148 Å². The van der Waals surface area contributed by atoms with Gasteiger partial charge in [-0.1, -0.05) is 282 Å². The van der Waals surface area contributed by atoms with E-state index in [4.69, 9.17) is 18.9 Å². The lowest BCUT2D eigenvalue weighted by Gasteiger charge is -2.26. The minimum absolute atomic E-state index is 0.134. The van der Waals surface area contributed by atoms with E-state index in [-0.39, 0.29) is 38.6 Å². The first-order valence-corrected chi connectivity index (χ1v) is 34.3. The van der Waals surface area contributed by atoms with Gasteiger partial charge in [0.25, 0.3) is 0 Å². The molecule has 0 aliphatic rings. The summed E-state index contributed by atoms with van der Waals surface area (Å²) in [7, 11) is 5.91. The maximum atomic E-state index is 12.9. The molecule has 0 heterocycles. The second-order valence-electron chi connectivity index (χ2n) is 23.7. The van der Waals surface area contributed by atoms with Gasteiger partial charge in [-0.25, -0.2) is 0 Å². The van der Waals surface area contributed by atoms with Crippen LogP contribution in [0, 0.1) is 0 Å². The fourth-order valence-corrected chi connectivity index (χ4v) is 9.22. The summed E-state index contributed by atoms with van der Waals surface area (Å²) in [5.74, 6) is -2.34. The highest BCUT2D eigenvalue weighted by atomic mass is 16.7. The number of rotatable bonds is 62. The zero-order chi connectivity index (χ0) is 61.9. The molecule has 0 radical (unpaired) electrons. The van der Waals surface area contributed by atoms with E-state index in [1.165, 1.54) is 135 Å². The van der Waals surface area contributed by atoms with Crippen molar-refractivity contribution in [2.45, 2.75) is 283 Å². The Morgan fingerprint density at radius 3 is 0.965 bits per heavy atom. The highest BCUT2D eigenvalue weighted by Gasteiger charge is 2.22. The number of unbranched alkanes of at least 4 members (excludes halogenated alkanes) is 25. The second kappa shape index (κ2) is 65.4. The van der Waals surface area contributed by atoms with Crippen molar-refractivity contribution in [3.05, 3.63) is 134 Å². The van der Waals surface area contributed by atoms with Gasteiger partial charge in [0.1, 0.15) is 13.2 Å². The molecular weight excluding hydrogens is 1050 g/mol. The largest absolute Gasteiger partial charge is 0.545 e. The Bertz CT molecular complexity index is 1860. The number of esters is 2. The van der Waals surface area contributed by atoms with Gasteiger partial charge >= 0.3 is 11.9 Å². The van der Waals surface area contributed by atoms with Crippen LogP contribution in [-0.2, 0) is 33.3 Å². The Hall–Kier alpha value is -4.57. The number of allylic oxidation sites excluding steroid dienone is 22. The fraction of sp³-hybridized carbons (Fsp3) is 0.671. The van der Waals surface area contributed by atoms with Crippen LogP contribution in [0.5, 0.6) is 0 Å². The summed E-state index contributed by atoms with van der Waals surface area (Å²) in [4.78, 5) is 37.4. The minimum Gasteiger partial charge on any atom is -0.545 e. The average molecular weight is 1180 g/mol. The Balaban J connectivity index is 4.07. The highest BCUT2D eigenvalue weighted by molar-refractivity contribution is 5.70. The van der Waals surface area contributed by atoms with Gasteiger partial charge in [0, 0.05) is 12.8 Å². The highest BCUT2D eigenvalue weighted by Crippen LogP contribution is 2.17. The third-order valence-electron chi connectivity index (χ3n) is 14.4. The van der Waals surface area contributed by atoms with Gasteiger partial charge in [-0.2, -0.15) is 0 Å². The predicted octanol–water partition coefficient (Wildman–Crippen LogP) is 20.0. The Morgan fingerprint density at radius 2 is 0.635 bits per heavy atom. The first-order chi connectivity index (χ1) is 41.6. The molecule has 0 saturated heterocycles. The van der Waals surface area contributed by atoms with Crippen molar-refractivity contribution in [3.8, 4) is 0 Å². The topological polar surface area (TPSA) is 111 Å². The molecule has 85 heavy (non-hydrogen) atoms. The van der Waals surface area contributed by atoms with Gasteiger partial charge in [0.05, 0.1) is 40.3 Å². The Kier molecular flexibility index (Phi) is 61.9. The van der Waals surface area contributed by atoms with Crippen molar-refractivity contribution >= 4 is 17.9 Å². The first-order valence-electron chi connectivity index (χ1n) is 34.3. The molecular formula is C76H127NO8. The zero-order valence-corrected chi connectivity index (χ0v) is 55.2. The number of hydrogen-bond donors (Lipinski definition) is 0. The van der Waals surface area contributed by atoms with Gasteiger partial charge in [-0.3, -0.25) is 9.59 Å². The molecule has 0 bridgehead atoms. The second-order valence-corrected chi connectivity index (χ2v) is 23.7. The number of likely N-dealkylation sites (N-methyl/N-ethyl adjacent to an activating group) is 1. The monoisotopic (exact) mass is 1180 g/mol. The Labute approximate surface area is 522 Å². The van der Waals surface area contributed by atoms with E-state index in [1.807, 2.05) is 21.1 Å². The van der Waals surface area contributed by atoms with Gasteiger partial charge in [0.15, 0.2) is 12.4 Å². The number of carbonyl (C=O) groups excluding carboxylic acids is 3. The maximum Gasteiger partial charge on any atom is 0.306 e. The summed E-state index contributed by atoms with van der Waals surface area (Å²) >= 11 is 0. The van der Waals surface area contributed by atoms with Crippen LogP contribution in [0.4, 0.5) is 0 Å². The summed E-state index contributed by atoms with van der Waals surface area (Å²) < 4.78 is 22.7. The summed E-state index contributed by atoms with van der Waals surface area (Å²) in [6, 6.07) is 0. The number of carboxylic acid groups (broad SMARTS) is 1. The number of carboxylic acids is 1. The molecule has 0 aromatic carbocycles. The third-order valence-corrected chi connectivity index (χ3v) is 14.4. The van der Waals surface area contributed by atoms with E-state index in [1.54, 1.807) is 0 Å². The van der Waals surface area contributed by atoms with Crippen LogP contribution in [0.2, 0.25) is 0 Å². The lowest BCUT2D eigenvalue weighted by Crippen LogP contribution is -2.44. The lowest BCUT2D eigenvalue weighted by atomic mass is 10.0. The normalized spacial score (nSPS) is 13.6. The molecule has 0 fully saturated rings. The van der Waals surface area contributed by atoms with Crippen LogP contribution in [0.1, 0.15) is 271 Å². The molecule has 9 nitrogen and oxygen atoms in total. The van der Waals surface area contributed by atoms with Crippen LogP contribution in [-0.4, -0.2) is 82.3 Å². The third kappa shape index (κ3) is 66.8. The van der Waals surface area contributed by atoms with Crippen LogP contribution in [0.15, 0.2) is 134 Å². The first kappa shape index (κ1) is 80.4. The molecule has 0 rings (SSSR count). The Morgan fingerprint density at radius 1 is 0.353 bits per heavy atom. The molecule has 484 valence electrons. The van der Waals surface area contributed by atoms with E-state index in [0.29, 0.717) is 17.4 Å². The fourth-order valence-electron chi connectivity index (χ4n) is 9.22. The summed E-state index contributed by atoms with van der Waals surface area (Å²) in [5.41, 5.74) is 0. The number of aliphatic carboxylic acids is 1. The van der Waals surface area contributed by atoms with Crippen LogP contribution >= 0.6 is 0 Å². The predicted molar refractivity (Wildman–Crippen MR) is 361 cm³/mol. The van der Waals surface area contributed by atoms with E-state index < -0.39 is 24.3 Å². The molecule has 2 unspecified atom stereocenters. The van der Waals surface area contributed by atoms with Gasteiger partial charge in [-0.15, -0.1) is 0 Å². The number of ether oxygens (including phenoxy) is 4. The molecule has 0 amide bonds. The number of nitrogens with zero attached hydrogens (tertiary/aromatic N) is 1. The average Bonchev–Trinajstić information content (AvgIpc) is 3.48. The lowest BCUT2D eigenvalue weighted by molar-refractivity contribution is -0.870. The van der Waals surface area contributed by atoms with Crippen molar-refractivity contribution in [2.24, 2.45) is 0 Å². The summed E-state index contributed by atoms with van der Waals surface area (Å²) in [5, 5.41) is 11.8. The van der Waals surface area contributed by atoms with Crippen molar-refractivity contribution in [1.82, 2.24) is 0 Å². The van der Waals surface area contributed by atoms with Crippen molar-refractivity contribution in [1.29, 1.82) is 0 Å². The smallest absolute Gasteiger partial charge is 0.306 e. The van der Waals surface area contributed by atoms with Crippen LogP contribution in [0.3, 0.4) is 0 Å². The molecule has 0 spiro atoms. The van der Waals surface area contributed by atoms with E-state index in [9.17, 15) is 19.5 Å². The molecule has 0 saturated carbocycles. The molecule has 9 heteroatoms. The summed E-state index contributed by atoms with van der Waals surface area (Å²) in [6.07, 6.45) is 91.2. The number of carbonyl (C=O) groups is 3. The van der Waals surface area contributed by atoms with Gasteiger partial charge in [-0.05, 0) is 109 Å². The molecule has 0 aliphatic carbocycles. The standard InChI is InChI=1S/C76H127NO8/c1-6-8-10-12-14-16-18-20-22-24-26-28-29-30-31-32-33-34-35-36-37-38-39-40-41-42-43-44-45-47-48-50-52-54-56-58-60-62-64-66-73(78)83-70-72(71-84-76(75(80)81)82-69-68-77(3,4)5)85-74(79)67-65-63-61-59-57-55-53-51-49-46-27-25-23-21-19-17-15-13-11-9-7-2/h8-11,14-17,20-23,26-28,30-31,46,51,53,57,59,72,76H,6-7,12-13,18-19,24-25,29,32-45,47-50,52,54-56,58,60-71H2,1-5H3/b10-8-,11-9-,16-14-,17-15-,22-20-,23-21-,28-26-,31-30-,46-27-,53-51-,59-57-. The van der Waals surface area contributed by atoms with Gasteiger partial charge in [0.2, 0.25) is 0 Å². The SMILES string of the molecule is CC/C=C\C/C=C\C/C=C\C/C=C\C/C=C\C/C=C\CCCCC(=O)OC(COC(=O)CCCCCCCCCCCCCCCCCCCCCCCCC/C=C\C/C=C\C/C=C\C/C=C\C/C=C\CC)COC(OCC[N+](C)(C)C)C(=O)[O-]. The minimum atomic E-state index is -1.64. The number of hydrogen-bond acceptors (Lipinski definition) is 8. The van der Waals surface area contributed by atoms with Crippen molar-refractivity contribution < 1.29 is 42.9 Å². The van der Waals surface area contributed by atoms with Crippen LogP contribution in [0.25, 0.3) is 0 Å².